The van der Waals surface area contributed by atoms with Crippen molar-refractivity contribution in [3.05, 3.63) is 64.2 Å². The van der Waals surface area contributed by atoms with Gasteiger partial charge in [0.15, 0.2) is 0 Å². The first-order chi connectivity index (χ1) is 10.2. The molecule has 3 rings (SSSR count). The summed E-state index contributed by atoms with van der Waals surface area (Å²) in [4.78, 5) is 0. The van der Waals surface area contributed by atoms with Gasteiger partial charge in [-0.05, 0) is 43.7 Å². The average Bonchev–Trinajstić information content (AvgIpc) is 2.91. The van der Waals surface area contributed by atoms with Crippen molar-refractivity contribution in [3.63, 3.8) is 0 Å². The number of ether oxygens (including phenoxy) is 1. The van der Waals surface area contributed by atoms with Crippen LogP contribution in [0.2, 0.25) is 5.02 Å². The maximum absolute atomic E-state index is 6.38. The van der Waals surface area contributed by atoms with E-state index in [-0.39, 0.29) is 0 Å². The Morgan fingerprint density at radius 3 is 2.86 bits per heavy atom. The van der Waals surface area contributed by atoms with Crippen molar-refractivity contribution >= 4 is 11.6 Å². The summed E-state index contributed by atoms with van der Waals surface area (Å²) in [5.74, 6) is 1.38. The fraction of sp³-hybridized carbons (Fsp3) is 0.333. The van der Waals surface area contributed by atoms with Crippen LogP contribution in [0.25, 0.3) is 0 Å². The molecule has 1 heterocycles. The molecule has 0 spiro atoms. The van der Waals surface area contributed by atoms with E-state index in [9.17, 15) is 0 Å². The summed E-state index contributed by atoms with van der Waals surface area (Å²) in [5, 5.41) is 4.29. The van der Waals surface area contributed by atoms with E-state index in [2.05, 4.69) is 36.5 Å². The first-order valence-corrected chi connectivity index (χ1v) is 7.71. The summed E-state index contributed by atoms with van der Waals surface area (Å²) >= 11 is 6.38. The molecule has 0 bridgehead atoms. The number of nitrogens with one attached hydrogen (secondary N) is 1. The van der Waals surface area contributed by atoms with E-state index in [0.717, 1.165) is 23.8 Å². The van der Waals surface area contributed by atoms with Crippen molar-refractivity contribution < 1.29 is 4.74 Å². The normalized spacial score (nSPS) is 18.1. The number of hydrogen-bond donors (Lipinski definition) is 1. The number of hydrogen-bond acceptors (Lipinski definition) is 2. The van der Waals surface area contributed by atoms with Gasteiger partial charge in [0.1, 0.15) is 5.75 Å². The lowest BCUT2D eigenvalue weighted by Gasteiger charge is -2.23. The predicted molar refractivity (Wildman–Crippen MR) is 87.4 cm³/mol. The lowest BCUT2D eigenvalue weighted by atomic mass is 9.89. The quantitative estimate of drug-likeness (QED) is 0.923. The number of halogens is 1. The summed E-state index contributed by atoms with van der Waals surface area (Å²) in [6.07, 6.45) is 0.901. The molecule has 0 fully saturated rings. The number of aryl methyl sites for hydroxylation is 1. The molecule has 0 saturated heterocycles. The second kappa shape index (κ2) is 6.08. The van der Waals surface area contributed by atoms with Crippen LogP contribution in [0, 0.1) is 6.92 Å². The minimum Gasteiger partial charge on any atom is -0.493 e. The van der Waals surface area contributed by atoms with Gasteiger partial charge < -0.3 is 10.1 Å². The summed E-state index contributed by atoms with van der Waals surface area (Å²) < 4.78 is 5.81. The Labute approximate surface area is 131 Å². The topological polar surface area (TPSA) is 21.3 Å². The number of benzene rings is 2. The van der Waals surface area contributed by atoms with Crippen LogP contribution in [0.5, 0.6) is 5.75 Å². The fourth-order valence-corrected chi connectivity index (χ4v) is 3.33. The van der Waals surface area contributed by atoms with Gasteiger partial charge in [0.2, 0.25) is 0 Å². The first kappa shape index (κ1) is 14.4. The molecule has 110 valence electrons. The van der Waals surface area contributed by atoms with E-state index < -0.39 is 0 Å². The Bertz CT molecular complexity index is 641. The Kier molecular flexibility index (Phi) is 4.18. The van der Waals surface area contributed by atoms with Gasteiger partial charge in [-0.15, -0.1) is 0 Å². The lowest BCUT2D eigenvalue weighted by Crippen LogP contribution is -2.35. The molecule has 21 heavy (non-hydrogen) atoms. The summed E-state index contributed by atoms with van der Waals surface area (Å²) in [6.45, 7) is 2.79. The highest BCUT2D eigenvalue weighted by molar-refractivity contribution is 6.31. The Hall–Kier alpha value is -1.51. The highest BCUT2D eigenvalue weighted by atomic mass is 35.5. The fourth-order valence-electron chi connectivity index (χ4n) is 3.02. The summed E-state index contributed by atoms with van der Waals surface area (Å²) in [7, 11) is 2.01. The second-order valence-electron chi connectivity index (χ2n) is 5.65. The smallest absolute Gasteiger partial charge is 0.122 e. The van der Waals surface area contributed by atoms with Gasteiger partial charge >= 0.3 is 0 Å². The van der Waals surface area contributed by atoms with Crippen molar-refractivity contribution in [2.45, 2.75) is 25.3 Å². The van der Waals surface area contributed by atoms with Crippen LogP contribution in [-0.4, -0.2) is 19.7 Å². The molecule has 0 amide bonds. The van der Waals surface area contributed by atoms with E-state index in [1.165, 1.54) is 16.7 Å². The minimum atomic E-state index is 0.314. The SMILES string of the molecule is CNC(Cc1ccc(C)cc1Cl)C1COc2ccccc21. The maximum atomic E-state index is 6.38. The summed E-state index contributed by atoms with van der Waals surface area (Å²) in [5.41, 5.74) is 3.67. The van der Waals surface area contributed by atoms with Crippen molar-refractivity contribution in [1.29, 1.82) is 0 Å². The van der Waals surface area contributed by atoms with Crippen LogP contribution in [0.1, 0.15) is 22.6 Å². The molecule has 2 atom stereocenters. The Balaban J connectivity index is 1.83. The third kappa shape index (κ3) is 2.92. The van der Waals surface area contributed by atoms with Crippen LogP contribution >= 0.6 is 11.6 Å². The number of fused-ring (bicyclic) bond motifs is 1. The van der Waals surface area contributed by atoms with Crippen LogP contribution in [-0.2, 0) is 6.42 Å². The summed E-state index contributed by atoms with van der Waals surface area (Å²) in [6, 6.07) is 14.9. The zero-order chi connectivity index (χ0) is 14.8. The highest BCUT2D eigenvalue weighted by Gasteiger charge is 2.30. The van der Waals surface area contributed by atoms with Crippen LogP contribution in [0.4, 0.5) is 0 Å². The molecular formula is C18H20ClNO. The molecule has 0 radical (unpaired) electrons. The molecule has 0 aliphatic carbocycles. The van der Waals surface area contributed by atoms with Gasteiger partial charge in [0.05, 0.1) is 6.61 Å². The van der Waals surface area contributed by atoms with Gasteiger partial charge in [-0.25, -0.2) is 0 Å². The molecule has 0 saturated carbocycles. The molecule has 1 N–H and O–H groups in total. The third-order valence-corrected chi connectivity index (χ3v) is 4.59. The molecule has 3 heteroatoms. The van der Waals surface area contributed by atoms with Crippen molar-refractivity contribution in [2.75, 3.05) is 13.7 Å². The molecule has 2 nitrogen and oxygen atoms in total. The van der Waals surface area contributed by atoms with Gasteiger partial charge in [-0.3, -0.25) is 0 Å². The van der Waals surface area contributed by atoms with E-state index in [0.29, 0.717) is 12.0 Å². The van der Waals surface area contributed by atoms with Crippen LogP contribution in [0.3, 0.4) is 0 Å². The standard InChI is InChI=1S/C18H20ClNO/c1-12-7-8-13(16(19)9-12)10-17(20-2)15-11-21-18-6-4-3-5-14(15)18/h3-9,15,17,20H,10-11H2,1-2H3. The third-order valence-electron chi connectivity index (χ3n) is 4.24. The minimum absolute atomic E-state index is 0.314. The lowest BCUT2D eigenvalue weighted by molar-refractivity contribution is 0.302. The zero-order valence-corrected chi connectivity index (χ0v) is 13.2. The van der Waals surface area contributed by atoms with E-state index in [4.69, 9.17) is 16.3 Å². The van der Waals surface area contributed by atoms with Crippen LogP contribution in [0.15, 0.2) is 42.5 Å². The molecule has 2 aromatic rings. The van der Waals surface area contributed by atoms with Gasteiger partial charge in [0, 0.05) is 22.5 Å². The predicted octanol–water partition coefficient (Wildman–Crippen LogP) is 3.96. The molecule has 0 aromatic heterocycles. The van der Waals surface area contributed by atoms with Gasteiger partial charge in [0.25, 0.3) is 0 Å². The molecule has 2 aromatic carbocycles. The van der Waals surface area contributed by atoms with Crippen molar-refractivity contribution in [1.82, 2.24) is 5.32 Å². The second-order valence-corrected chi connectivity index (χ2v) is 6.06. The van der Waals surface area contributed by atoms with Crippen molar-refractivity contribution in [2.24, 2.45) is 0 Å². The number of likely N-dealkylation sites (N-methyl/N-ethyl adjacent to an activating group) is 1. The molecule has 1 aliphatic rings. The number of para-hydroxylation sites is 1. The maximum Gasteiger partial charge on any atom is 0.122 e. The average molecular weight is 302 g/mol. The van der Waals surface area contributed by atoms with Gasteiger partial charge in [-0.2, -0.15) is 0 Å². The van der Waals surface area contributed by atoms with Crippen molar-refractivity contribution in [3.8, 4) is 5.75 Å². The first-order valence-electron chi connectivity index (χ1n) is 7.33. The van der Waals surface area contributed by atoms with E-state index in [1.54, 1.807) is 0 Å². The van der Waals surface area contributed by atoms with E-state index in [1.807, 2.05) is 25.2 Å². The van der Waals surface area contributed by atoms with Gasteiger partial charge in [-0.1, -0.05) is 41.9 Å². The zero-order valence-electron chi connectivity index (χ0n) is 12.4. The molecule has 1 aliphatic heterocycles. The van der Waals surface area contributed by atoms with Crippen LogP contribution < -0.4 is 10.1 Å². The monoisotopic (exact) mass is 301 g/mol. The number of rotatable bonds is 4. The Morgan fingerprint density at radius 1 is 1.29 bits per heavy atom. The molecular weight excluding hydrogens is 282 g/mol. The highest BCUT2D eigenvalue weighted by Crippen LogP contribution is 2.36. The Morgan fingerprint density at radius 2 is 2.10 bits per heavy atom. The largest absolute Gasteiger partial charge is 0.493 e. The van der Waals surface area contributed by atoms with E-state index >= 15 is 0 Å². The molecule has 2 unspecified atom stereocenters.